The second kappa shape index (κ2) is 18.9. The first-order valence-electron chi connectivity index (χ1n) is 34.9. The van der Waals surface area contributed by atoms with Crippen LogP contribution in [-0.4, -0.2) is 14.1 Å². The molecule has 420 valence electrons. The Bertz CT molecular complexity index is 5350. The predicted octanol–water partition coefficient (Wildman–Crippen LogP) is 20.6. The van der Waals surface area contributed by atoms with Crippen molar-refractivity contribution in [3.63, 3.8) is 0 Å². The molecule has 12 aromatic rings. The number of rotatable bonds is 6. The topological polar surface area (TPSA) is 35.9 Å². The van der Waals surface area contributed by atoms with Crippen LogP contribution in [0.25, 0.3) is 106 Å². The number of aromatic nitrogens is 4. The zero-order valence-corrected chi connectivity index (χ0v) is 50.3. The van der Waals surface area contributed by atoms with Crippen molar-refractivity contribution < 1.29 is 23.0 Å². The maximum atomic E-state index is 10.6. The van der Waals surface area contributed by atoms with E-state index in [-0.39, 0.29) is 92.8 Å². The van der Waals surface area contributed by atoms with Gasteiger partial charge in [0.1, 0.15) is 17.3 Å². The second-order valence-corrected chi connectivity index (χ2v) is 27.4. The van der Waals surface area contributed by atoms with Crippen LogP contribution in [0.4, 0.5) is 0 Å². The molecular weight excluding hydrogens is 1030 g/mol. The molecule has 3 aliphatic rings. The first kappa shape index (κ1) is 42.9. The fraction of sp³-hybridized carbons (Fsp3) is 0.250. The monoisotopic (exact) mass is 1120 g/mol. The summed E-state index contributed by atoms with van der Waals surface area (Å²) < 4.78 is 114. The lowest BCUT2D eigenvalue weighted by atomic mass is 9.62. The van der Waals surface area contributed by atoms with Crippen molar-refractivity contribution in [3.8, 4) is 84.3 Å². The summed E-state index contributed by atoms with van der Waals surface area (Å²) in [5.74, 6) is 1.90. The predicted molar refractivity (Wildman–Crippen MR) is 352 cm³/mol. The summed E-state index contributed by atoms with van der Waals surface area (Å²) in [5.41, 5.74) is 8.53. The first-order chi connectivity index (χ1) is 44.9. The third-order valence-corrected chi connectivity index (χ3v) is 18.9. The molecule has 0 bridgehead atoms. The van der Waals surface area contributed by atoms with Gasteiger partial charge in [-0.2, -0.15) is 0 Å². The summed E-state index contributed by atoms with van der Waals surface area (Å²) in [5, 5.41) is 2.13. The van der Waals surface area contributed by atoms with Crippen LogP contribution in [0.2, 0.25) is 0 Å². The minimum Gasteiger partial charge on any atom is -0.458 e. The lowest BCUT2D eigenvalue weighted by Crippen LogP contribution is -2.34. The van der Waals surface area contributed by atoms with E-state index in [9.17, 15) is 13.7 Å². The molecule has 4 heterocycles. The Labute approximate surface area is 515 Å². The van der Waals surface area contributed by atoms with Crippen molar-refractivity contribution >= 4 is 32.8 Å². The Morgan fingerprint density at radius 2 is 1.08 bits per heavy atom. The standard InChI is InChI=1S/C80H74N4O/c1-76(2,3)52-38-43-81-72(46-52)84-69-28-17-16-25-61(69)62-33-32-55(48-71(62)84)85-54-21-18-20-53(47-54)82-49-83-74-64(27-19-29-70(74)82)60-24-13-12-22-58(60)59-23-14-15-26-63(59)73-56(50-30-36-65-67(44-50)79(8,9)41-39-77(65,4)5)34-35-57(75(73)83)51-31-37-66-68(45-51)80(10,11)42-40-78(66,6)7/h12-38,43-48H,39-42H2,1-11H3/i14D,15D,23D,26D,30D,31D,36D,37D,44D,45D. The van der Waals surface area contributed by atoms with Crippen LogP contribution in [-0.2, 0) is 27.1 Å². The molecule has 0 saturated heterocycles. The van der Waals surface area contributed by atoms with Crippen LogP contribution in [0.15, 0.2) is 200 Å². The number of para-hydroxylation sites is 2. The third-order valence-electron chi connectivity index (χ3n) is 18.9. The fourth-order valence-electron chi connectivity index (χ4n) is 13.8. The highest BCUT2D eigenvalue weighted by molar-refractivity contribution is 6.10. The third kappa shape index (κ3) is 8.46. The van der Waals surface area contributed by atoms with E-state index in [4.69, 9.17) is 9.72 Å². The number of imidazole rings is 1. The highest BCUT2D eigenvalue weighted by Crippen LogP contribution is 2.53. The lowest BCUT2D eigenvalue weighted by molar-refractivity contribution is -0.570. The highest BCUT2D eigenvalue weighted by Gasteiger charge is 2.40. The average molecular weight is 1120 g/mol. The molecule has 0 N–H and O–H groups in total. The normalized spacial score (nSPS) is 17.8. The van der Waals surface area contributed by atoms with Crippen molar-refractivity contribution in [3.05, 3.63) is 234 Å². The van der Waals surface area contributed by atoms with E-state index < -0.39 is 33.7 Å². The molecule has 5 heteroatoms. The molecule has 0 radical (unpaired) electrons. The van der Waals surface area contributed by atoms with Gasteiger partial charge in [0.05, 0.1) is 47.1 Å². The first-order valence-corrected chi connectivity index (χ1v) is 29.9. The zero-order chi connectivity index (χ0) is 67.2. The summed E-state index contributed by atoms with van der Waals surface area (Å²) in [4.78, 5) is 4.92. The zero-order valence-electron chi connectivity index (χ0n) is 60.3. The Balaban J connectivity index is 1.06. The van der Waals surface area contributed by atoms with Crippen molar-refractivity contribution in [2.45, 2.75) is 129 Å². The number of hydrogen-bond acceptors (Lipinski definition) is 2. The van der Waals surface area contributed by atoms with Crippen LogP contribution in [0.1, 0.15) is 143 Å². The van der Waals surface area contributed by atoms with E-state index in [1.165, 1.54) is 0 Å². The summed E-state index contributed by atoms with van der Waals surface area (Å²) >= 11 is 0. The van der Waals surface area contributed by atoms with E-state index in [2.05, 4.69) is 117 Å². The van der Waals surface area contributed by atoms with Crippen LogP contribution in [0.5, 0.6) is 11.5 Å². The number of ether oxygens (including phenoxy) is 1. The van der Waals surface area contributed by atoms with Gasteiger partial charge in [-0.15, -0.1) is 0 Å². The lowest BCUT2D eigenvalue weighted by Gasteiger charge is -2.42. The number of fused-ring (bicyclic) bond motifs is 12. The van der Waals surface area contributed by atoms with E-state index in [0.717, 1.165) is 52.4 Å². The average Bonchev–Trinajstić information content (AvgIpc) is 1.66. The number of pyridine rings is 1. The van der Waals surface area contributed by atoms with Gasteiger partial charge in [0.2, 0.25) is 0 Å². The Kier molecular flexibility index (Phi) is 9.52. The minimum absolute atomic E-state index is 0.000551. The molecule has 1 aliphatic heterocycles. The Morgan fingerprint density at radius 1 is 0.506 bits per heavy atom. The highest BCUT2D eigenvalue weighted by atomic mass is 16.5. The summed E-state index contributed by atoms with van der Waals surface area (Å²) in [6.45, 7) is 23.3. The molecule has 0 amide bonds. The minimum atomic E-state index is -0.604. The maximum absolute atomic E-state index is 10.6. The SMILES string of the molecule is [2H]c1c([2H])c([2H])c2c(c1[2H])-c1ccccc1-c1cccc3c1[n+]([c-]n3-c1cccc(Oc3ccc4c5ccccc5n(-c5cc(C(C)(C)C)ccn5)c4c3)c1)-c1c(-c3c([2H])c([2H])c4c(c3[2H])C(C)(C)CCC4(C)C)ccc(-c3c([2H])c([2H])c4c(c3[2H])C(C)(C)CCC4(C)C)c1-2. The maximum Gasteiger partial charge on any atom is 0.269 e. The van der Waals surface area contributed by atoms with E-state index >= 15 is 0 Å². The summed E-state index contributed by atoms with van der Waals surface area (Å²) in [6.07, 6.45) is 8.60. The molecule has 15 rings (SSSR count). The summed E-state index contributed by atoms with van der Waals surface area (Å²) in [6, 6.07) is 41.5. The van der Waals surface area contributed by atoms with Gasteiger partial charge in [0.15, 0.2) is 0 Å². The van der Waals surface area contributed by atoms with Crippen LogP contribution in [0.3, 0.4) is 0 Å². The van der Waals surface area contributed by atoms with Gasteiger partial charge in [0, 0.05) is 28.6 Å². The molecule has 0 saturated carbocycles. The van der Waals surface area contributed by atoms with Crippen molar-refractivity contribution in [1.82, 2.24) is 14.1 Å². The van der Waals surface area contributed by atoms with Gasteiger partial charge >= 0.3 is 0 Å². The van der Waals surface area contributed by atoms with Crippen LogP contribution < -0.4 is 9.30 Å². The molecule has 85 heavy (non-hydrogen) atoms. The molecular formula is C80H74N4O. The van der Waals surface area contributed by atoms with Gasteiger partial charge in [-0.25, -0.2) is 4.98 Å². The van der Waals surface area contributed by atoms with Crippen LogP contribution >= 0.6 is 0 Å². The van der Waals surface area contributed by atoms with Gasteiger partial charge in [-0.1, -0.05) is 215 Å². The largest absolute Gasteiger partial charge is 0.458 e. The fourth-order valence-corrected chi connectivity index (χ4v) is 13.8. The van der Waals surface area contributed by atoms with Gasteiger partial charge in [0.25, 0.3) is 6.33 Å². The molecule has 0 atom stereocenters. The number of hydrogen-bond donors (Lipinski definition) is 0. The second-order valence-electron chi connectivity index (χ2n) is 27.4. The molecule has 3 aromatic heterocycles. The van der Waals surface area contributed by atoms with Gasteiger partial charge in [-0.3, -0.25) is 13.7 Å². The van der Waals surface area contributed by atoms with Crippen molar-refractivity contribution in [2.75, 3.05) is 0 Å². The summed E-state index contributed by atoms with van der Waals surface area (Å²) in [7, 11) is 0. The number of nitrogens with zero attached hydrogens (tertiary/aromatic N) is 4. The molecule has 0 spiro atoms. The van der Waals surface area contributed by atoms with Crippen molar-refractivity contribution in [1.29, 1.82) is 0 Å². The Hall–Kier alpha value is -8.80. The molecule has 9 aromatic carbocycles. The molecule has 0 fully saturated rings. The van der Waals surface area contributed by atoms with Crippen LogP contribution in [0, 0.1) is 6.33 Å². The van der Waals surface area contributed by atoms with Gasteiger partial charge < -0.3 is 4.74 Å². The smallest absolute Gasteiger partial charge is 0.269 e. The van der Waals surface area contributed by atoms with Gasteiger partial charge in [-0.05, 0) is 179 Å². The number of benzene rings is 9. The van der Waals surface area contributed by atoms with E-state index in [1.54, 1.807) is 12.1 Å². The quantitative estimate of drug-likeness (QED) is 0.123. The van der Waals surface area contributed by atoms with E-state index in [1.807, 2.05) is 106 Å². The molecule has 0 unspecified atom stereocenters. The molecule has 5 nitrogen and oxygen atoms in total. The van der Waals surface area contributed by atoms with Crippen molar-refractivity contribution in [2.24, 2.45) is 0 Å². The van der Waals surface area contributed by atoms with E-state index in [0.29, 0.717) is 79.1 Å². The Morgan fingerprint density at radius 3 is 1.79 bits per heavy atom. The molecule has 2 aliphatic carbocycles.